The number of imide groups is 1. The summed E-state index contributed by atoms with van der Waals surface area (Å²) in [6, 6.07) is 17.8. The minimum atomic E-state index is -0.159. The second-order valence-electron chi connectivity index (χ2n) is 7.90. The third kappa shape index (κ3) is 2.43. The summed E-state index contributed by atoms with van der Waals surface area (Å²) in [5.74, 6) is 1.46. The lowest BCUT2D eigenvalue weighted by Gasteiger charge is -2.28. The third-order valence-electron chi connectivity index (χ3n) is 6.65. The van der Waals surface area contributed by atoms with Crippen molar-refractivity contribution >= 4 is 17.5 Å². The van der Waals surface area contributed by atoms with Crippen LogP contribution in [-0.2, 0) is 9.59 Å². The molecule has 5 rings (SSSR count). The van der Waals surface area contributed by atoms with Gasteiger partial charge < -0.3 is 4.74 Å². The molecule has 2 saturated carbocycles. The first-order chi connectivity index (χ1) is 13.2. The summed E-state index contributed by atoms with van der Waals surface area (Å²) >= 11 is 0. The molecule has 2 amide bonds. The summed E-state index contributed by atoms with van der Waals surface area (Å²) in [4.78, 5) is 27.8. The molecule has 1 heterocycles. The van der Waals surface area contributed by atoms with E-state index in [2.05, 4.69) is 24.3 Å². The lowest BCUT2D eigenvalue weighted by atomic mass is 9.73. The van der Waals surface area contributed by atoms with Gasteiger partial charge in [0.05, 0.1) is 24.1 Å². The number of amides is 2. The van der Waals surface area contributed by atoms with Crippen LogP contribution in [0.1, 0.15) is 31.2 Å². The van der Waals surface area contributed by atoms with Gasteiger partial charge in [-0.25, -0.2) is 0 Å². The number of carbonyl (C=O) groups is 2. The van der Waals surface area contributed by atoms with Gasteiger partial charge in [0.1, 0.15) is 5.75 Å². The van der Waals surface area contributed by atoms with Gasteiger partial charge in [-0.05, 0) is 67.3 Å². The van der Waals surface area contributed by atoms with Crippen molar-refractivity contribution in [1.82, 2.24) is 0 Å². The first kappa shape index (κ1) is 16.5. The molecule has 5 atom stereocenters. The van der Waals surface area contributed by atoms with Crippen molar-refractivity contribution in [2.75, 3.05) is 11.5 Å². The molecule has 0 N–H and O–H groups in total. The molecule has 4 heteroatoms. The predicted molar refractivity (Wildman–Crippen MR) is 102 cm³/mol. The Hall–Kier alpha value is -2.62. The Kier molecular flexibility index (Phi) is 3.81. The second kappa shape index (κ2) is 6.22. The van der Waals surface area contributed by atoms with Crippen LogP contribution in [0.5, 0.6) is 5.75 Å². The quantitative estimate of drug-likeness (QED) is 0.773. The Bertz CT molecular complexity index is 876. The van der Waals surface area contributed by atoms with Crippen molar-refractivity contribution in [2.24, 2.45) is 23.7 Å². The average molecular weight is 361 g/mol. The zero-order chi connectivity index (χ0) is 18.5. The Morgan fingerprint density at radius 2 is 1.63 bits per heavy atom. The van der Waals surface area contributed by atoms with Gasteiger partial charge in [0.25, 0.3) is 0 Å². The molecule has 3 fully saturated rings. The van der Waals surface area contributed by atoms with E-state index in [1.54, 1.807) is 0 Å². The van der Waals surface area contributed by atoms with Crippen LogP contribution in [0, 0.1) is 23.7 Å². The van der Waals surface area contributed by atoms with E-state index in [4.69, 9.17) is 4.74 Å². The highest BCUT2D eigenvalue weighted by Gasteiger charge is 2.64. The Morgan fingerprint density at radius 1 is 0.926 bits per heavy atom. The lowest BCUT2D eigenvalue weighted by molar-refractivity contribution is -0.123. The maximum atomic E-state index is 13.2. The second-order valence-corrected chi connectivity index (χ2v) is 7.90. The third-order valence-corrected chi connectivity index (χ3v) is 6.65. The standard InChI is InChI=1S/C23H23NO3/c1-2-27-17-10-8-16(9-11-17)24-22(25)20-15-12-18(14-6-4-3-5-7-14)19(13-15)21(20)23(24)26/h3-11,15,18-21H,2,12-13H2,1H3/t15?,18?,19?,20-,21+/m0/s1. The van der Waals surface area contributed by atoms with Gasteiger partial charge >= 0.3 is 0 Å². The van der Waals surface area contributed by atoms with Crippen molar-refractivity contribution in [3.05, 3.63) is 60.2 Å². The van der Waals surface area contributed by atoms with E-state index in [-0.39, 0.29) is 29.6 Å². The summed E-state index contributed by atoms with van der Waals surface area (Å²) in [7, 11) is 0. The summed E-state index contributed by atoms with van der Waals surface area (Å²) in [6.07, 6.45) is 2.02. The zero-order valence-electron chi connectivity index (χ0n) is 15.4. The molecule has 2 aromatic rings. The van der Waals surface area contributed by atoms with Crippen molar-refractivity contribution < 1.29 is 14.3 Å². The SMILES string of the molecule is CCOc1ccc(N2C(=O)[C@@H]3C4CC(CC4c4ccccc4)[C@@H]3C2=O)cc1. The van der Waals surface area contributed by atoms with E-state index in [0.717, 1.165) is 18.6 Å². The van der Waals surface area contributed by atoms with Crippen LogP contribution >= 0.6 is 0 Å². The van der Waals surface area contributed by atoms with Crippen molar-refractivity contribution in [1.29, 1.82) is 0 Å². The summed E-state index contributed by atoms with van der Waals surface area (Å²) in [5, 5.41) is 0. The Labute approximate surface area is 159 Å². The molecule has 3 aliphatic rings. The van der Waals surface area contributed by atoms with E-state index in [1.165, 1.54) is 10.5 Å². The van der Waals surface area contributed by atoms with E-state index in [0.29, 0.717) is 24.1 Å². The van der Waals surface area contributed by atoms with Crippen molar-refractivity contribution in [2.45, 2.75) is 25.7 Å². The van der Waals surface area contributed by atoms with Crippen LogP contribution in [0.25, 0.3) is 0 Å². The van der Waals surface area contributed by atoms with Gasteiger partial charge in [0.2, 0.25) is 11.8 Å². The number of hydrogen-bond acceptors (Lipinski definition) is 3. The summed E-state index contributed by atoms with van der Waals surface area (Å²) in [5.41, 5.74) is 1.97. The maximum absolute atomic E-state index is 13.2. The average Bonchev–Trinajstić information content (AvgIpc) is 3.35. The molecule has 1 aliphatic heterocycles. The van der Waals surface area contributed by atoms with E-state index >= 15 is 0 Å². The normalized spacial score (nSPS) is 31.4. The fourth-order valence-corrected chi connectivity index (χ4v) is 5.66. The fraction of sp³-hybridized carbons (Fsp3) is 0.391. The van der Waals surface area contributed by atoms with Gasteiger partial charge in [-0.15, -0.1) is 0 Å². The zero-order valence-corrected chi connectivity index (χ0v) is 15.4. The molecule has 2 bridgehead atoms. The number of benzene rings is 2. The maximum Gasteiger partial charge on any atom is 0.237 e. The summed E-state index contributed by atoms with van der Waals surface area (Å²) in [6.45, 7) is 2.52. The molecule has 3 unspecified atom stereocenters. The van der Waals surface area contributed by atoms with Crippen LogP contribution in [0.4, 0.5) is 5.69 Å². The molecule has 2 aliphatic carbocycles. The largest absolute Gasteiger partial charge is 0.494 e. The first-order valence-electron chi connectivity index (χ1n) is 9.84. The Balaban J connectivity index is 1.43. The molecule has 27 heavy (non-hydrogen) atoms. The van der Waals surface area contributed by atoms with Crippen molar-refractivity contribution in [3.8, 4) is 5.75 Å². The molecular weight excluding hydrogens is 338 g/mol. The number of fused-ring (bicyclic) bond motifs is 5. The lowest BCUT2D eigenvalue weighted by Crippen LogP contribution is -2.32. The molecule has 0 radical (unpaired) electrons. The van der Waals surface area contributed by atoms with E-state index in [1.807, 2.05) is 37.3 Å². The van der Waals surface area contributed by atoms with Gasteiger partial charge in [-0.2, -0.15) is 0 Å². The van der Waals surface area contributed by atoms with Crippen molar-refractivity contribution in [3.63, 3.8) is 0 Å². The Morgan fingerprint density at radius 3 is 2.33 bits per heavy atom. The van der Waals surface area contributed by atoms with Crippen LogP contribution in [0.3, 0.4) is 0 Å². The smallest absolute Gasteiger partial charge is 0.237 e. The highest BCUT2D eigenvalue weighted by Crippen LogP contribution is 2.61. The minimum absolute atomic E-state index is 0.00632. The highest BCUT2D eigenvalue weighted by atomic mass is 16.5. The molecule has 4 nitrogen and oxygen atoms in total. The molecule has 2 aromatic carbocycles. The molecular formula is C23H23NO3. The molecule has 138 valence electrons. The molecule has 0 spiro atoms. The van der Waals surface area contributed by atoms with Gasteiger partial charge in [0.15, 0.2) is 0 Å². The van der Waals surface area contributed by atoms with Crippen LogP contribution in [-0.4, -0.2) is 18.4 Å². The topological polar surface area (TPSA) is 46.6 Å². The van der Waals surface area contributed by atoms with Crippen LogP contribution in [0.2, 0.25) is 0 Å². The highest BCUT2D eigenvalue weighted by molar-refractivity contribution is 6.22. The summed E-state index contributed by atoms with van der Waals surface area (Å²) < 4.78 is 5.47. The van der Waals surface area contributed by atoms with Gasteiger partial charge in [-0.3, -0.25) is 14.5 Å². The van der Waals surface area contributed by atoms with Gasteiger partial charge in [-0.1, -0.05) is 30.3 Å². The number of anilines is 1. The van der Waals surface area contributed by atoms with E-state index < -0.39 is 0 Å². The first-order valence-corrected chi connectivity index (χ1v) is 9.84. The number of ether oxygens (including phenoxy) is 1. The fourth-order valence-electron chi connectivity index (χ4n) is 5.66. The molecule has 1 saturated heterocycles. The number of rotatable bonds is 4. The number of hydrogen-bond donors (Lipinski definition) is 0. The monoisotopic (exact) mass is 361 g/mol. The number of carbonyl (C=O) groups excluding carboxylic acids is 2. The predicted octanol–water partition coefficient (Wildman–Crippen LogP) is 4.01. The van der Waals surface area contributed by atoms with Crippen LogP contribution < -0.4 is 9.64 Å². The van der Waals surface area contributed by atoms with Gasteiger partial charge in [0, 0.05) is 0 Å². The van der Waals surface area contributed by atoms with Crippen LogP contribution in [0.15, 0.2) is 54.6 Å². The minimum Gasteiger partial charge on any atom is -0.494 e. The number of nitrogens with zero attached hydrogens (tertiary/aromatic N) is 1. The molecule has 0 aromatic heterocycles. The van der Waals surface area contributed by atoms with E-state index in [9.17, 15) is 9.59 Å².